The van der Waals surface area contributed by atoms with Crippen molar-refractivity contribution in [3.8, 4) is 0 Å². The fraction of sp³-hybridized carbons (Fsp3) is 0.556. The van der Waals surface area contributed by atoms with Gasteiger partial charge in [-0.1, -0.05) is 46.8 Å². The molecule has 1 aromatic carbocycles. The smallest absolute Gasteiger partial charge is 0.339 e. The van der Waals surface area contributed by atoms with Crippen LogP contribution in [0.3, 0.4) is 0 Å². The number of benzene rings is 1. The standard InChI is InChI=1S/C18H26O4/c1-7-21-16(19)13-9-8-10-14(18(4,5)6)15(13)17(20)22-11-12(2)3/h8-10,12H,7,11H2,1-6H3. The molecule has 0 aliphatic rings. The molecule has 4 nitrogen and oxygen atoms in total. The summed E-state index contributed by atoms with van der Waals surface area (Å²) in [6.45, 7) is 12.2. The van der Waals surface area contributed by atoms with E-state index in [0.717, 1.165) is 5.56 Å². The molecule has 0 N–H and O–H groups in total. The zero-order valence-corrected chi connectivity index (χ0v) is 14.4. The van der Waals surface area contributed by atoms with Crippen molar-refractivity contribution in [2.45, 2.75) is 47.0 Å². The Morgan fingerprint density at radius 1 is 1.09 bits per heavy atom. The van der Waals surface area contributed by atoms with Gasteiger partial charge in [-0.15, -0.1) is 0 Å². The summed E-state index contributed by atoms with van der Waals surface area (Å²) in [5.41, 5.74) is 1.08. The molecule has 0 spiro atoms. The van der Waals surface area contributed by atoms with Crippen molar-refractivity contribution in [1.82, 2.24) is 0 Å². The molecule has 0 saturated heterocycles. The van der Waals surface area contributed by atoms with Gasteiger partial charge in [0, 0.05) is 0 Å². The van der Waals surface area contributed by atoms with Crippen LogP contribution >= 0.6 is 0 Å². The molecule has 0 unspecified atom stereocenters. The second-order valence-electron chi connectivity index (χ2n) is 6.69. The predicted molar refractivity (Wildman–Crippen MR) is 86.2 cm³/mol. The van der Waals surface area contributed by atoms with Crippen molar-refractivity contribution in [3.63, 3.8) is 0 Å². The van der Waals surface area contributed by atoms with Gasteiger partial charge in [-0.3, -0.25) is 0 Å². The van der Waals surface area contributed by atoms with Crippen molar-refractivity contribution in [2.75, 3.05) is 13.2 Å². The number of ether oxygens (including phenoxy) is 2. The Kier molecular flexibility index (Phi) is 6.15. The first-order valence-electron chi connectivity index (χ1n) is 7.66. The van der Waals surface area contributed by atoms with E-state index in [-0.39, 0.29) is 23.5 Å². The van der Waals surface area contributed by atoms with Crippen LogP contribution in [0.2, 0.25) is 0 Å². The van der Waals surface area contributed by atoms with Gasteiger partial charge in [-0.2, -0.15) is 0 Å². The minimum atomic E-state index is -0.495. The molecule has 1 rings (SSSR count). The van der Waals surface area contributed by atoms with E-state index in [1.165, 1.54) is 0 Å². The van der Waals surface area contributed by atoms with Crippen LogP contribution in [-0.4, -0.2) is 25.2 Å². The van der Waals surface area contributed by atoms with Gasteiger partial charge >= 0.3 is 11.9 Å². The second-order valence-corrected chi connectivity index (χ2v) is 6.69. The van der Waals surface area contributed by atoms with E-state index in [2.05, 4.69) is 0 Å². The normalized spacial score (nSPS) is 11.4. The fourth-order valence-corrected chi connectivity index (χ4v) is 2.09. The lowest BCUT2D eigenvalue weighted by Gasteiger charge is -2.23. The zero-order chi connectivity index (χ0) is 16.9. The summed E-state index contributed by atoms with van der Waals surface area (Å²) in [4.78, 5) is 24.7. The Hall–Kier alpha value is -1.84. The van der Waals surface area contributed by atoms with Gasteiger partial charge in [0.25, 0.3) is 0 Å². The average Bonchev–Trinajstić information content (AvgIpc) is 2.43. The molecular weight excluding hydrogens is 280 g/mol. The van der Waals surface area contributed by atoms with Crippen molar-refractivity contribution in [2.24, 2.45) is 5.92 Å². The molecule has 0 fully saturated rings. The van der Waals surface area contributed by atoms with Crippen LogP contribution in [0, 0.1) is 5.92 Å². The van der Waals surface area contributed by atoms with Crippen LogP contribution in [0.5, 0.6) is 0 Å². The summed E-state index contributed by atoms with van der Waals surface area (Å²) in [6.07, 6.45) is 0. The molecule has 0 saturated carbocycles. The van der Waals surface area contributed by atoms with Gasteiger partial charge in [0.05, 0.1) is 24.3 Å². The summed E-state index contributed by atoms with van der Waals surface area (Å²) in [7, 11) is 0. The maximum atomic E-state index is 12.5. The Bertz CT molecular complexity index is 539. The summed E-state index contributed by atoms with van der Waals surface area (Å²) in [6, 6.07) is 5.24. The van der Waals surface area contributed by atoms with Gasteiger partial charge in [0.15, 0.2) is 0 Å². The molecule has 0 aliphatic carbocycles. The third-order valence-corrected chi connectivity index (χ3v) is 3.12. The molecule has 122 valence electrons. The number of carbonyl (C=O) groups is 2. The first kappa shape index (κ1) is 18.2. The monoisotopic (exact) mass is 306 g/mol. The number of rotatable bonds is 5. The molecule has 22 heavy (non-hydrogen) atoms. The predicted octanol–water partition coefficient (Wildman–Crippen LogP) is 3.97. The largest absolute Gasteiger partial charge is 0.462 e. The van der Waals surface area contributed by atoms with Crippen LogP contribution in [0.25, 0.3) is 0 Å². The molecule has 1 aromatic rings. The highest BCUT2D eigenvalue weighted by Crippen LogP contribution is 2.29. The Labute approximate surface area is 132 Å². The average molecular weight is 306 g/mol. The molecule has 0 bridgehead atoms. The van der Waals surface area contributed by atoms with Crippen LogP contribution in [0.1, 0.15) is 67.8 Å². The van der Waals surface area contributed by atoms with Crippen LogP contribution in [-0.2, 0) is 14.9 Å². The van der Waals surface area contributed by atoms with Crippen molar-refractivity contribution in [3.05, 3.63) is 34.9 Å². The maximum Gasteiger partial charge on any atom is 0.339 e. The molecule has 0 amide bonds. The van der Waals surface area contributed by atoms with Crippen LogP contribution in [0.4, 0.5) is 0 Å². The summed E-state index contributed by atoms with van der Waals surface area (Å²) in [5.74, 6) is -0.732. The van der Waals surface area contributed by atoms with Crippen molar-refractivity contribution in [1.29, 1.82) is 0 Å². The zero-order valence-electron chi connectivity index (χ0n) is 14.4. The quantitative estimate of drug-likeness (QED) is 0.772. The lowest BCUT2D eigenvalue weighted by Crippen LogP contribution is -2.23. The van der Waals surface area contributed by atoms with E-state index < -0.39 is 11.9 Å². The molecule has 0 aliphatic heterocycles. The second kappa shape index (κ2) is 7.43. The lowest BCUT2D eigenvalue weighted by molar-refractivity contribution is 0.0432. The Balaban J connectivity index is 3.34. The minimum Gasteiger partial charge on any atom is -0.462 e. The van der Waals surface area contributed by atoms with Gasteiger partial charge in [-0.05, 0) is 29.9 Å². The van der Waals surface area contributed by atoms with E-state index in [0.29, 0.717) is 12.2 Å². The molecule has 0 atom stereocenters. The SMILES string of the molecule is CCOC(=O)c1cccc(C(C)(C)C)c1C(=O)OCC(C)C. The first-order valence-corrected chi connectivity index (χ1v) is 7.66. The van der Waals surface area contributed by atoms with Gasteiger partial charge in [0.2, 0.25) is 0 Å². The molecule has 0 heterocycles. The molecule has 0 aromatic heterocycles. The van der Waals surface area contributed by atoms with Crippen LogP contribution < -0.4 is 0 Å². The topological polar surface area (TPSA) is 52.6 Å². The highest BCUT2D eigenvalue weighted by atomic mass is 16.5. The van der Waals surface area contributed by atoms with Crippen molar-refractivity contribution < 1.29 is 19.1 Å². The van der Waals surface area contributed by atoms with Gasteiger partial charge in [0.1, 0.15) is 0 Å². The summed E-state index contributed by atoms with van der Waals surface area (Å²) < 4.78 is 10.4. The van der Waals surface area contributed by atoms with E-state index in [4.69, 9.17) is 9.47 Å². The van der Waals surface area contributed by atoms with E-state index in [1.807, 2.05) is 40.7 Å². The molecule has 0 radical (unpaired) electrons. The number of carbonyl (C=O) groups excluding carboxylic acids is 2. The van der Waals surface area contributed by atoms with E-state index >= 15 is 0 Å². The van der Waals surface area contributed by atoms with Crippen LogP contribution in [0.15, 0.2) is 18.2 Å². The minimum absolute atomic E-state index is 0.233. The third kappa shape index (κ3) is 4.58. The fourth-order valence-electron chi connectivity index (χ4n) is 2.09. The Morgan fingerprint density at radius 2 is 1.73 bits per heavy atom. The highest BCUT2D eigenvalue weighted by molar-refractivity contribution is 6.04. The Morgan fingerprint density at radius 3 is 2.23 bits per heavy atom. The van der Waals surface area contributed by atoms with E-state index in [1.54, 1.807) is 19.1 Å². The first-order chi connectivity index (χ1) is 10.2. The van der Waals surface area contributed by atoms with Crippen molar-refractivity contribution >= 4 is 11.9 Å². The highest BCUT2D eigenvalue weighted by Gasteiger charge is 2.28. The number of esters is 2. The van der Waals surface area contributed by atoms with Gasteiger partial charge < -0.3 is 9.47 Å². The lowest BCUT2D eigenvalue weighted by atomic mass is 9.82. The molecular formula is C18H26O4. The summed E-state index contributed by atoms with van der Waals surface area (Å²) in [5, 5.41) is 0. The summed E-state index contributed by atoms with van der Waals surface area (Å²) >= 11 is 0. The maximum absolute atomic E-state index is 12.5. The van der Waals surface area contributed by atoms with E-state index in [9.17, 15) is 9.59 Å². The number of hydrogen-bond acceptors (Lipinski definition) is 4. The molecule has 4 heteroatoms. The third-order valence-electron chi connectivity index (χ3n) is 3.12. The number of hydrogen-bond donors (Lipinski definition) is 0. The van der Waals surface area contributed by atoms with Gasteiger partial charge in [-0.25, -0.2) is 9.59 Å².